The van der Waals surface area contributed by atoms with Gasteiger partial charge in [0.05, 0.1) is 0 Å². The minimum absolute atomic E-state index is 0.00378. The Bertz CT molecular complexity index is 671. The zero-order valence-electron chi connectivity index (χ0n) is 15.7. The fourth-order valence-electron chi connectivity index (χ4n) is 3.84. The zero-order valence-corrected chi connectivity index (χ0v) is 15.7. The van der Waals surface area contributed by atoms with E-state index < -0.39 is 0 Å². The number of fused-ring (bicyclic) bond motifs is 1. The summed E-state index contributed by atoms with van der Waals surface area (Å²) in [6.07, 6.45) is 0.708. The van der Waals surface area contributed by atoms with Crippen molar-refractivity contribution in [3.05, 3.63) is 34.9 Å². The molecule has 0 unspecified atom stereocenters. The summed E-state index contributed by atoms with van der Waals surface area (Å²) >= 11 is 0. The summed E-state index contributed by atoms with van der Waals surface area (Å²) in [5.74, 6) is 0.469. The fraction of sp³-hybridized carbons (Fsp3) is 0.600. The van der Waals surface area contributed by atoms with Gasteiger partial charge in [-0.2, -0.15) is 0 Å². The van der Waals surface area contributed by atoms with Crippen LogP contribution < -0.4 is 5.32 Å². The zero-order chi connectivity index (χ0) is 18.1. The molecule has 5 heteroatoms. The standard InChI is InChI=1S/C20H29N3O2/c1-13(2)9-17-20(25)23-8-7-22(12-18(23)19(24)21-17)11-16-10-14(3)5-6-15(16)4/h5-6,10,13,17-18H,7-9,11-12H2,1-4H3,(H,21,24)/t17-,18+/m0/s1. The summed E-state index contributed by atoms with van der Waals surface area (Å²) in [6.45, 7) is 11.3. The van der Waals surface area contributed by atoms with Gasteiger partial charge < -0.3 is 10.2 Å². The molecule has 2 fully saturated rings. The molecule has 1 aromatic rings. The van der Waals surface area contributed by atoms with Crippen LogP contribution in [-0.4, -0.2) is 53.3 Å². The minimum atomic E-state index is -0.352. The summed E-state index contributed by atoms with van der Waals surface area (Å²) in [7, 11) is 0. The first kappa shape index (κ1) is 17.9. The maximum Gasteiger partial charge on any atom is 0.245 e. The molecule has 0 bridgehead atoms. The van der Waals surface area contributed by atoms with Gasteiger partial charge >= 0.3 is 0 Å². The van der Waals surface area contributed by atoms with Crippen molar-refractivity contribution in [2.75, 3.05) is 19.6 Å². The second-order valence-electron chi connectivity index (χ2n) is 7.90. The summed E-state index contributed by atoms with van der Waals surface area (Å²) < 4.78 is 0. The van der Waals surface area contributed by atoms with Gasteiger partial charge in [0.1, 0.15) is 12.1 Å². The van der Waals surface area contributed by atoms with Gasteiger partial charge in [-0.1, -0.05) is 37.6 Å². The molecular weight excluding hydrogens is 314 g/mol. The lowest BCUT2D eigenvalue weighted by atomic mass is 9.97. The van der Waals surface area contributed by atoms with Crippen molar-refractivity contribution in [3.63, 3.8) is 0 Å². The highest BCUT2D eigenvalue weighted by Gasteiger charge is 2.43. The summed E-state index contributed by atoms with van der Waals surface area (Å²) in [4.78, 5) is 29.3. The number of aryl methyl sites for hydroxylation is 2. The van der Waals surface area contributed by atoms with Gasteiger partial charge in [-0.3, -0.25) is 14.5 Å². The summed E-state index contributed by atoms with van der Waals surface area (Å²) in [6, 6.07) is 5.78. The first-order valence-electron chi connectivity index (χ1n) is 9.24. The van der Waals surface area contributed by atoms with Gasteiger partial charge in [0.25, 0.3) is 0 Å². The van der Waals surface area contributed by atoms with Crippen LogP contribution >= 0.6 is 0 Å². The van der Waals surface area contributed by atoms with Crippen molar-refractivity contribution in [1.82, 2.24) is 15.1 Å². The van der Waals surface area contributed by atoms with E-state index in [4.69, 9.17) is 0 Å². The molecule has 2 heterocycles. The highest BCUT2D eigenvalue weighted by molar-refractivity contribution is 5.97. The second kappa shape index (κ2) is 7.16. The Morgan fingerprint density at radius 2 is 1.96 bits per heavy atom. The Balaban J connectivity index is 1.68. The molecule has 1 N–H and O–H groups in total. The van der Waals surface area contributed by atoms with Crippen LogP contribution in [0, 0.1) is 19.8 Å². The molecule has 136 valence electrons. The van der Waals surface area contributed by atoms with Gasteiger partial charge in [0, 0.05) is 26.2 Å². The SMILES string of the molecule is Cc1ccc(C)c(CN2CCN3C(=O)[C@H](CC(C)C)NC(=O)[C@H]3C2)c1. The van der Waals surface area contributed by atoms with Gasteiger partial charge in [0.15, 0.2) is 0 Å². The highest BCUT2D eigenvalue weighted by Crippen LogP contribution is 2.21. The van der Waals surface area contributed by atoms with Gasteiger partial charge in [-0.05, 0) is 37.3 Å². The normalized spacial score (nSPS) is 24.4. The van der Waals surface area contributed by atoms with Crippen molar-refractivity contribution in [2.24, 2.45) is 5.92 Å². The minimum Gasteiger partial charge on any atom is -0.342 e. The average Bonchev–Trinajstić information content (AvgIpc) is 2.55. The van der Waals surface area contributed by atoms with Crippen LogP contribution in [0.3, 0.4) is 0 Å². The van der Waals surface area contributed by atoms with E-state index in [1.807, 2.05) is 0 Å². The number of rotatable bonds is 4. The Kier molecular flexibility index (Phi) is 5.13. The van der Waals surface area contributed by atoms with Crippen molar-refractivity contribution >= 4 is 11.8 Å². The number of carbonyl (C=O) groups excluding carboxylic acids is 2. The Morgan fingerprint density at radius 3 is 2.68 bits per heavy atom. The number of hydrogen-bond donors (Lipinski definition) is 1. The molecule has 5 nitrogen and oxygen atoms in total. The summed E-state index contributed by atoms with van der Waals surface area (Å²) in [5, 5.41) is 2.94. The molecule has 2 amide bonds. The molecule has 3 rings (SSSR count). The first-order chi connectivity index (χ1) is 11.8. The average molecular weight is 343 g/mol. The number of nitrogens with zero attached hydrogens (tertiary/aromatic N) is 2. The maximum absolute atomic E-state index is 12.7. The second-order valence-corrected chi connectivity index (χ2v) is 7.90. The predicted molar refractivity (Wildman–Crippen MR) is 98.1 cm³/mol. The van der Waals surface area contributed by atoms with E-state index in [0.29, 0.717) is 25.4 Å². The maximum atomic E-state index is 12.7. The third-order valence-corrected chi connectivity index (χ3v) is 5.27. The third kappa shape index (κ3) is 3.87. The fourth-order valence-corrected chi connectivity index (χ4v) is 3.84. The van der Waals surface area contributed by atoms with Crippen molar-refractivity contribution in [1.29, 1.82) is 0 Å². The van der Waals surface area contributed by atoms with Crippen molar-refractivity contribution in [2.45, 2.75) is 52.7 Å². The third-order valence-electron chi connectivity index (χ3n) is 5.27. The van der Waals surface area contributed by atoms with Crippen LogP contribution in [0.25, 0.3) is 0 Å². The number of carbonyl (C=O) groups is 2. The van der Waals surface area contributed by atoms with Crippen LogP contribution in [0.15, 0.2) is 18.2 Å². The van der Waals surface area contributed by atoms with Gasteiger partial charge in [0.2, 0.25) is 11.8 Å². The molecule has 2 saturated heterocycles. The number of amides is 2. The van der Waals surface area contributed by atoms with E-state index >= 15 is 0 Å². The van der Waals surface area contributed by atoms with Crippen LogP contribution in [0.1, 0.15) is 37.0 Å². The number of nitrogens with one attached hydrogen (secondary N) is 1. The molecule has 2 aliphatic rings. The Labute approximate surface area is 150 Å². The van der Waals surface area contributed by atoms with E-state index in [0.717, 1.165) is 13.1 Å². The molecule has 25 heavy (non-hydrogen) atoms. The quantitative estimate of drug-likeness (QED) is 0.908. The van der Waals surface area contributed by atoms with E-state index in [-0.39, 0.29) is 23.9 Å². The number of hydrogen-bond acceptors (Lipinski definition) is 3. The first-order valence-corrected chi connectivity index (χ1v) is 9.24. The number of benzene rings is 1. The van der Waals surface area contributed by atoms with Crippen molar-refractivity contribution < 1.29 is 9.59 Å². The molecular formula is C20H29N3O2. The smallest absolute Gasteiger partial charge is 0.245 e. The van der Waals surface area contributed by atoms with E-state index in [1.54, 1.807) is 4.90 Å². The lowest BCUT2D eigenvalue weighted by molar-refractivity contribution is -0.153. The Morgan fingerprint density at radius 1 is 1.20 bits per heavy atom. The molecule has 2 aliphatic heterocycles. The molecule has 0 saturated carbocycles. The van der Waals surface area contributed by atoms with Crippen LogP contribution in [-0.2, 0) is 16.1 Å². The van der Waals surface area contributed by atoms with Crippen molar-refractivity contribution in [3.8, 4) is 0 Å². The topological polar surface area (TPSA) is 52.6 Å². The molecule has 0 radical (unpaired) electrons. The van der Waals surface area contributed by atoms with E-state index in [1.165, 1.54) is 16.7 Å². The lowest BCUT2D eigenvalue weighted by Gasteiger charge is -2.45. The van der Waals surface area contributed by atoms with Crippen LogP contribution in [0.5, 0.6) is 0 Å². The van der Waals surface area contributed by atoms with Gasteiger partial charge in [-0.15, -0.1) is 0 Å². The van der Waals surface area contributed by atoms with E-state index in [9.17, 15) is 9.59 Å². The highest BCUT2D eigenvalue weighted by atomic mass is 16.2. The largest absolute Gasteiger partial charge is 0.342 e. The summed E-state index contributed by atoms with van der Waals surface area (Å²) in [5.41, 5.74) is 3.82. The molecule has 0 spiro atoms. The Hall–Kier alpha value is -1.88. The van der Waals surface area contributed by atoms with Gasteiger partial charge in [-0.25, -0.2) is 0 Å². The molecule has 2 atom stereocenters. The molecule has 1 aromatic carbocycles. The lowest BCUT2D eigenvalue weighted by Crippen LogP contribution is -2.69. The predicted octanol–water partition coefficient (Wildman–Crippen LogP) is 1.86. The monoisotopic (exact) mass is 343 g/mol. The molecule has 0 aromatic heterocycles. The van der Waals surface area contributed by atoms with Crippen LogP contribution in [0.4, 0.5) is 0 Å². The van der Waals surface area contributed by atoms with E-state index in [2.05, 4.69) is 56.1 Å². The van der Waals surface area contributed by atoms with Crippen LogP contribution in [0.2, 0.25) is 0 Å². The number of piperazine rings is 2. The molecule has 0 aliphatic carbocycles.